The number of carbonyl (C=O) groups excluding carboxylic acids is 1. The molecule has 1 amide bonds. The molecule has 0 saturated carbocycles. The third-order valence-corrected chi connectivity index (χ3v) is 5.84. The quantitative estimate of drug-likeness (QED) is 0.466. The summed E-state index contributed by atoms with van der Waals surface area (Å²) in [5, 5.41) is 6.26. The van der Waals surface area contributed by atoms with Crippen molar-refractivity contribution in [2.45, 2.75) is 18.7 Å². The van der Waals surface area contributed by atoms with Crippen LogP contribution in [-0.4, -0.2) is 24.5 Å². The van der Waals surface area contributed by atoms with E-state index in [2.05, 4.69) is 20.2 Å². The number of aryl methyl sites for hydroxylation is 2. The Labute approximate surface area is 178 Å². The first-order valence-electron chi connectivity index (χ1n) is 9.20. The zero-order valence-corrected chi connectivity index (χ0v) is 17.4. The molecule has 0 spiro atoms. The van der Waals surface area contributed by atoms with Gasteiger partial charge < -0.3 is 14.3 Å². The van der Waals surface area contributed by atoms with E-state index in [1.165, 1.54) is 30.7 Å². The van der Waals surface area contributed by atoms with Gasteiger partial charge in [0.05, 0.1) is 16.8 Å². The normalized spacial score (nSPS) is 11.3. The summed E-state index contributed by atoms with van der Waals surface area (Å²) in [5.41, 5.74) is 2.39. The number of oxazole rings is 1. The van der Waals surface area contributed by atoms with Crippen molar-refractivity contribution in [3.05, 3.63) is 78.2 Å². The van der Waals surface area contributed by atoms with Gasteiger partial charge >= 0.3 is 0 Å². The largest absolute Gasteiger partial charge is 0.449 e. The minimum atomic E-state index is -3.83. The number of nitrogens with zero attached hydrogens (tertiary/aromatic N) is 2. The monoisotopic (exact) mass is 438 g/mol. The van der Waals surface area contributed by atoms with Crippen molar-refractivity contribution >= 4 is 27.3 Å². The van der Waals surface area contributed by atoms with Crippen molar-refractivity contribution in [3.8, 4) is 11.3 Å². The van der Waals surface area contributed by atoms with E-state index in [0.29, 0.717) is 34.3 Å². The minimum absolute atomic E-state index is 0.0889. The second-order valence-corrected chi connectivity index (χ2v) is 8.39. The van der Waals surface area contributed by atoms with Gasteiger partial charge in [0, 0.05) is 18.2 Å². The van der Waals surface area contributed by atoms with E-state index in [9.17, 15) is 13.2 Å². The van der Waals surface area contributed by atoms with Crippen molar-refractivity contribution < 1.29 is 22.2 Å². The molecule has 0 aliphatic rings. The maximum Gasteiger partial charge on any atom is 0.261 e. The molecular formula is C21H18N4O5S. The molecule has 2 aromatic carbocycles. The number of sulfonamides is 1. The van der Waals surface area contributed by atoms with Gasteiger partial charge in [-0.2, -0.15) is 0 Å². The van der Waals surface area contributed by atoms with Crippen molar-refractivity contribution in [2.75, 3.05) is 10.0 Å². The third kappa shape index (κ3) is 4.48. The van der Waals surface area contributed by atoms with Gasteiger partial charge in [0.1, 0.15) is 23.3 Å². The maximum atomic E-state index is 12.8. The fourth-order valence-electron chi connectivity index (χ4n) is 2.89. The smallest absolute Gasteiger partial charge is 0.261 e. The minimum Gasteiger partial charge on any atom is -0.449 e. The van der Waals surface area contributed by atoms with E-state index < -0.39 is 15.9 Å². The third-order valence-electron chi connectivity index (χ3n) is 4.45. The number of amides is 1. The molecule has 0 fully saturated rings. The zero-order chi connectivity index (χ0) is 22.0. The summed E-state index contributed by atoms with van der Waals surface area (Å²) in [6, 6.07) is 12.7. The molecule has 10 heteroatoms. The number of benzene rings is 2. The Balaban J connectivity index is 1.50. The van der Waals surface area contributed by atoms with E-state index in [1.807, 2.05) is 0 Å². The van der Waals surface area contributed by atoms with Crippen LogP contribution in [0.2, 0.25) is 0 Å². The Morgan fingerprint density at radius 2 is 1.77 bits per heavy atom. The summed E-state index contributed by atoms with van der Waals surface area (Å²) < 4.78 is 38.1. The van der Waals surface area contributed by atoms with Crippen molar-refractivity contribution in [2.24, 2.45) is 0 Å². The molecule has 2 aromatic heterocycles. The average molecular weight is 438 g/mol. The molecule has 158 valence electrons. The van der Waals surface area contributed by atoms with Gasteiger partial charge in [0.25, 0.3) is 15.9 Å². The molecule has 0 bridgehead atoms. The van der Waals surface area contributed by atoms with Gasteiger partial charge in [0.2, 0.25) is 0 Å². The van der Waals surface area contributed by atoms with Crippen LogP contribution in [0.3, 0.4) is 0 Å². The van der Waals surface area contributed by atoms with Gasteiger partial charge in [-0.05, 0) is 37.3 Å². The topological polar surface area (TPSA) is 127 Å². The van der Waals surface area contributed by atoms with Crippen LogP contribution in [0, 0.1) is 13.8 Å². The highest BCUT2D eigenvalue weighted by molar-refractivity contribution is 7.92. The van der Waals surface area contributed by atoms with Gasteiger partial charge in [0.15, 0.2) is 5.89 Å². The van der Waals surface area contributed by atoms with E-state index in [-0.39, 0.29) is 4.90 Å². The van der Waals surface area contributed by atoms with Gasteiger partial charge in [-0.3, -0.25) is 9.52 Å². The number of hydrogen-bond donors (Lipinski definition) is 2. The molecule has 0 radical (unpaired) electrons. The Morgan fingerprint density at radius 3 is 2.42 bits per heavy atom. The van der Waals surface area contributed by atoms with Crippen LogP contribution in [0.5, 0.6) is 0 Å². The summed E-state index contributed by atoms with van der Waals surface area (Å²) >= 11 is 0. The van der Waals surface area contributed by atoms with Crippen molar-refractivity contribution in [3.63, 3.8) is 0 Å². The molecule has 2 N–H and O–H groups in total. The Hall–Kier alpha value is -3.92. The first-order valence-corrected chi connectivity index (χ1v) is 10.7. The average Bonchev–Trinajstić information content (AvgIpc) is 3.36. The Bertz CT molecular complexity index is 1340. The van der Waals surface area contributed by atoms with E-state index >= 15 is 0 Å². The molecule has 4 aromatic rings. The lowest BCUT2D eigenvalue weighted by atomic mass is 10.2. The fourth-order valence-corrected chi connectivity index (χ4v) is 3.94. The molecule has 31 heavy (non-hydrogen) atoms. The molecule has 0 aliphatic carbocycles. The first-order chi connectivity index (χ1) is 14.8. The van der Waals surface area contributed by atoms with E-state index in [0.717, 1.165) is 5.56 Å². The SMILES string of the molecule is Cc1nc(-c2ccc(S(=O)(=O)Nc3cccc(NC(=O)c4cnoc4C)c3)cc2)co1. The van der Waals surface area contributed by atoms with Crippen LogP contribution in [0.25, 0.3) is 11.3 Å². The lowest BCUT2D eigenvalue weighted by Crippen LogP contribution is -2.14. The number of aromatic nitrogens is 2. The van der Waals surface area contributed by atoms with Gasteiger partial charge in [-0.15, -0.1) is 0 Å². The van der Waals surface area contributed by atoms with Crippen LogP contribution < -0.4 is 10.0 Å². The van der Waals surface area contributed by atoms with E-state index in [1.54, 1.807) is 44.2 Å². The highest BCUT2D eigenvalue weighted by Gasteiger charge is 2.16. The number of nitrogens with one attached hydrogen (secondary N) is 2. The van der Waals surface area contributed by atoms with Gasteiger partial charge in [-0.1, -0.05) is 23.4 Å². The second-order valence-electron chi connectivity index (χ2n) is 6.71. The molecule has 0 atom stereocenters. The van der Waals surface area contributed by atoms with Crippen LogP contribution in [0.15, 0.2) is 74.8 Å². The summed E-state index contributed by atoms with van der Waals surface area (Å²) in [6.07, 6.45) is 2.83. The lowest BCUT2D eigenvalue weighted by molar-refractivity contribution is 0.102. The molecule has 0 saturated heterocycles. The predicted molar refractivity (Wildman–Crippen MR) is 113 cm³/mol. The number of carbonyl (C=O) groups is 1. The molecular weight excluding hydrogens is 420 g/mol. The molecule has 9 nitrogen and oxygen atoms in total. The second kappa shape index (κ2) is 8.07. The highest BCUT2D eigenvalue weighted by atomic mass is 32.2. The van der Waals surface area contributed by atoms with Crippen molar-refractivity contribution in [1.29, 1.82) is 0 Å². The summed E-state index contributed by atoms with van der Waals surface area (Å²) in [5.74, 6) is 0.510. The van der Waals surface area contributed by atoms with Gasteiger partial charge in [-0.25, -0.2) is 13.4 Å². The molecule has 2 heterocycles. The number of anilines is 2. The lowest BCUT2D eigenvalue weighted by Gasteiger charge is -2.10. The van der Waals surface area contributed by atoms with Crippen LogP contribution in [-0.2, 0) is 10.0 Å². The van der Waals surface area contributed by atoms with Crippen LogP contribution in [0.1, 0.15) is 22.0 Å². The molecule has 0 aliphatic heterocycles. The molecule has 4 rings (SSSR count). The Kier molecular flexibility index (Phi) is 5.30. The van der Waals surface area contributed by atoms with Crippen molar-refractivity contribution in [1.82, 2.24) is 10.1 Å². The highest BCUT2D eigenvalue weighted by Crippen LogP contribution is 2.23. The summed E-state index contributed by atoms with van der Waals surface area (Å²) in [4.78, 5) is 16.6. The number of rotatable bonds is 6. The molecule has 0 unspecified atom stereocenters. The predicted octanol–water partition coefficient (Wildman–Crippen LogP) is 4.00. The maximum absolute atomic E-state index is 12.8. The summed E-state index contributed by atoms with van der Waals surface area (Å²) in [6.45, 7) is 3.36. The first kappa shape index (κ1) is 20.4. The Morgan fingerprint density at radius 1 is 1.03 bits per heavy atom. The fraction of sp³-hybridized carbons (Fsp3) is 0.0952. The number of hydrogen-bond acceptors (Lipinski definition) is 7. The summed E-state index contributed by atoms with van der Waals surface area (Å²) in [7, 11) is -3.83. The standard InChI is InChI=1S/C21H18N4O5S/c1-13-19(11-22-30-13)21(26)24-16-4-3-5-17(10-16)25-31(27,28)18-8-6-15(7-9-18)20-12-29-14(2)23-20/h3-12,25H,1-2H3,(H,24,26). The van der Waals surface area contributed by atoms with Crippen LogP contribution >= 0.6 is 0 Å². The van der Waals surface area contributed by atoms with E-state index in [4.69, 9.17) is 8.94 Å². The zero-order valence-electron chi connectivity index (χ0n) is 16.6. The van der Waals surface area contributed by atoms with Crippen LogP contribution in [0.4, 0.5) is 11.4 Å².